The summed E-state index contributed by atoms with van der Waals surface area (Å²) in [6.45, 7) is 12.1. The Morgan fingerprint density at radius 3 is 2.24 bits per heavy atom. The van der Waals surface area contributed by atoms with Crippen molar-refractivity contribution in [1.82, 2.24) is 4.90 Å². The number of nitrogens with zero attached hydrogens (tertiary/aromatic N) is 1. The van der Waals surface area contributed by atoms with Crippen LogP contribution in [0.3, 0.4) is 0 Å². The molecule has 0 aliphatic carbocycles. The molecule has 0 saturated carbocycles. The molecule has 0 radical (unpaired) electrons. The van der Waals surface area contributed by atoms with E-state index in [1.54, 1.807) is 0 Å². The van der Waals surface area contributed by atoms with Gasteiger partial charge >= 0.3 is 12.1 Å². The first-order valence-corrected chi connectivity index (χ1v) is 16.0. The Morgan fingerprint density at radius 2 is 1.65 bits per heavy atom. The Morgan fingerprint density at radius 1 is 1.03 bits per heavy atom. The highest BCUT2D eigenvalue weighted by Crippen LogP contribution is 2.37. The molecule has 0 spiro atoms. The van der Waals surface area contributed by atoms with Crippen molar-refractivity contribution in [3.8, 4) is 0 Å². The van der Waals surface area contributed by atoms with Gasteiger partial charge in [0.15, 0.2) is 8.32 Å². The fraction of sp³-hybridized carbons (Fsp3) is 0.467. The van der Waals surface area contributed by atoms with E-state index < -0.39 is 20.4 Å². The van der Waals surface area contributed by atoms with Crippen LogP contribution in [0.4, 0.5) is 4.79 Å². The summed E-state index contributed by atoms with van der Waals surface area (Å²) in [5.74, 6) is -0.534. The second kappa shape index (κ2) is 12.6. The van der Waals surface area contributed by atoms with Crippen LogP contribution in [0.1, 0.15) is 51.2 Å². The second-order valence-corrected chi connectivity index (χ2v) is 15.9. The molecule has 1 saturated heterocycles. The third kappa shape index (κ3) is 7.33. The molecule has 1 atom stereocenters. The minimum absolute atomic E-state index is 0.157. The molecule has 3 rings (SSSR count). The van der Waals surface area contributed by atoms with Gasteiger partial charge < -0.3 is 13.9 Å². The van der Waals surface area contributed by atoms with Gasteiger partial charge in [0.2, 0.25) is 0 Å². The van der Waals surface area contributed by atoms with Gasteiger partial charge in [-0.3, -0.25) is 4.90 Å². The van der Waals surface area contributed by atoms with Gasteiger partial charge in [0.1, 0.15) is 12.3 Å². The smallest absolute Gasteiger partial charge is 0.414 e. The fourth-order valence-corrected chi connectivity index (χ4v) is 5.31. The van der Waals surface area contributed by atoms with Crippen molar-refractivity contribution in [2.45, 2.75) is 70.6 Å². The lowest BCUT2D eigenvalue weighted by Gasteiger charge is -2.36. The maximum absolute atomic E-state index is 13.2. The molecule has 200 valence electrons. The maximum Gasteiger partial charge on any atom is 0.414 e. The van der Waals surface area contributed by atoms with Crippen LogP contribution in [-0.4, -0.2) is 51.6 Å². The van der Waals surface area contributed by atoms with E-state index in [0.717, 1.165) is 29.5 Å². The number of unbranched alkanes of at least 4 members (excludes halogenated alkanes) is 1. The average Bonchev–Trinajstić information content (AvgIpc) is 3.22. The number of allylic oxidation sites excluding steroid dienone is 1. The van der Waals surface area contributed by atoms with Crippen LogP contribution in [0.25, 0.3) is 5.57 Å². The fourth-order valence-electron chi connectivity index (χ4n) is 4.22. The number of rotatable bonds is 11. The molecule has 37 heavy (non-hydrogen) atoms. The van der Waals surface area contributed by atoms with Crippen molar-refractivity contribution >= 4 is 26.0 Å². The Bertz CT molecular complexity index is 1080. The van der Waals surface area contributed by atoms with Crippen LogP contribution in [0, 0.1) is 0 Å². The van der Waals surface area contributed by atoms with E-state index in [-0.39, 0.29) is 23.4 Å². The summed E-state index contributed by atoms with van der Waals surface area (Å²) in [5, 5.41) is 0.157. The number of cyclic esters (lactones) is 1. The van der Waals surface area contributed by atoms with Crippen molar-refractivity contribution in [1.29, 1.82) is 0 Å². The zero-order chi connectivity index (χ0) is 27.1. The summed E-state index contributed by atoms with van der Waals surface area (Å²) in [7, 11) is -0.471. The van der Waals surface area contributed by atoms with E-state index in [1.165, 1.54) is 12.0 Å². The molecular formula is C30H41NO5Si. The lowest BCUT2D eigenvalue weighted by molar-refractivity contribution is -0.137. The first kappa shape index (κ1) is 28.7. The van der Waals surface area contributed by atoms with Crippen LogP contribution < -0.4 is 0 Å². The third-order valence-corrected chi connectivity index (χ3v) is 11.9. The molecule has 2 aromatic rings. The third-order valence-electron chi connectivity index (χ3n) is 7.39. The van der Waals surface area contributed by atoms with Gasteiger partial charge in [-0.2, -0.15) is 0 Å². The molecule has 7 heteroatoms. The van der Waals surface area contributed by atoms with Crippen LogP contribution in [0.2, 0.25) is 18.1 Å². The monoisotopic (exact) mass is 523 g/mol. The summed E-state index contributed by atoms with van der Waals surface area (Å²) < 4.78 is 17.0. The van der Waals surface area contributed by atoms with Crippen molar-refractivity contribution in [3.63, 3.8) is 0 Å². The molecule has 1 heterocycles. The number of carbonyl (C=O) groups is 2. The van der Waals surface area contributed by atoms with Crippen LogP contribution in [0.15, 0.2) is 66.4 Å². The number of hydrogen-bond donors (Lipinski definition) is 0. The maximum atomic E-state index is 13.2. The molecule has 6 nitrogen and oxygen atoms in total. The predicted octanol–water partition coefficient (Wildman–Crippen LogP) is 6.83. The van der Waals surface area contributed by atoms with Gasteiger partial charge in [0, 0.05) is 6.61 Å². The lowest BCUT2D eigenvalue weighted by atomic mass is 9.96. The Balaban J connectivity index is 1.90. The number of hydrogen-bond acceptors (Lipinski definition) is 5. The summed E-state index contributed by atoms with van der Waals surface area (Å²) in [6, 6.07) is 19.4. The normalized spacial score (nSPS) is 16.9. The number of carbonyl (C=O) groups excluding carboxylic acids is 2. The highest BCUT2D eigenvalue weighted by molar-refractivity contribution is 6.74. The van der Waals surface area contributed by atoms with Gasteiger partial charge in [0.05, 0.1) is 13.2 Å². The minimum Gasteiger partial charge on any atom is -0.464 e. The Kier molecular flexibility index (Phi) is 9.73. The summed E-state index contributed by atoms with van der Waals surface area (Å²) in [6.07, 6.45) is 2.34. The van der Waals surface area contributed by atoms with Crippen LogP contribution in [-0.2, 0) is 25.1 Å². The van der Waals surface area contributed by atoms with E-state index in [1.807, 2.05) is 60.7 Å². The second-order valence-electron chi connectivity index (χ2n) is 11.0. The minimum atomic E-state index is -1.82. The van der Waals surface area contributed by atoms with E-state index in [9.17, 15) is 9.59 Å². The summed E-state index contributed by atoms with van der Waals surface area (Å²) in [4.78, 5) is 27.7. The highest BCUT2D eigenvalue weighted by atomic mass is 28.4. The van der Waals surface area contributed by atoms with E-state index in [0.29, 0.717) is 19.4 Å². The van der Waals surface area contributed by atoms with Gasteiger partial charge in [0.25, 0.3) is 0 Å². The molecule has 0 aromatic heterocycles. The summed E-state index contributed by atoms with van der Waals surface area (Å²) in [5.41, 5.74) is 3.02. The quantitative estimate of drug-likeness (QED) is 0.140. The number of methoxy groups -OCH3 is 1. The largest absolute Gasteiger partial charge is 0.464 e. The first-order chi connectivity index (χ1) is 17.5. The van der Waals surface area contributed by atoms with Gasteiger partial charge in [-0.05, 0) is 60.5 Å². The molecule has 1 aliphatic rings. The molecule has 2 aromatic carbocycles. The van der Waals surface area contributed by atoms with E-state index in [2.05, 4.69) is 33.9 Å². The SMILES string of the molecule is COC(=O)/C(=C(\CCCCO[Si](C)(C)C(C)(C)C)c1ccccc1)N1C(=O)OC[C@H]1Cc1ccccc1. The van der Waals surface area contributed by atoms with Crippen LogP contribution >= 0.6 is 0 Å². The number of amides is 1. The van der Waals surface area contributed by atoms with Crippen LogP contribution in [0.5, 0.6) is 0 Å². The molecule has 1 aliphatic heterocycles. The first-order valence-electron chi connectivity index (χ1n) is 13.1. The number of ether oxygens (including phenoxy) is 2. The topological polar surface area (TPSA) is 65.1 Å². The van der Waals surface area contributed by atoms with Crippen molar-refractivity contribution < 1.29 is 23.5 Å². The van der Waals surface area contributed by atoms with Crippen molar-refractivity contribution in [2.24, 2.45) is 0 Å². The van der Waals surface area contributed by atoms with Gasteiger partial charge in [-0.1, -0.05) is 81.4 Å². The highest BCUT2D eigenvalue weighted by Gasteiger charge is 2.40. The molecule has 1 fully saturated rings. The zero-order valence-corrected chi connectivity index (χ0v) is 24.1. The lowest BCUT2D eigenvalue weighted by Crippen LogP contribution is -2.40. The predicted molar refractivity (Wildman–Crippen MR) is 149 cm³/mol. The molecule has 1 amide bonds. The number of esters is 1. The Hall–Kier alpha value is -2.90. The molecular weight excluding hydrogens is 482 g/mol. The molecule has 0 unspecified atom stereocenters. The Labute approximate surface area is 222 Å². The van der Waals surface area contributed by atoms with Gasteiger partial charge in [-0.15, -0.1) is 0 Å². The average molecular weight is 524 g/mol. The zero-order valence-electron chi connectivity index (χ0n) is 23.1. The van der Waals surface area contributed by atoms with E-state index >= 15 is 0 Å². The molecule has 0 bridgehead atoms. The summed E-state index contributed by atoms with van der Waals surface area (Å²) >= 11 is 0. The van der Waals surface area contributed by atoms with Crippen molar-refractivity contribution in [2.75, 3.05) is 20.3 Å². The van der Waals surface area contributed by atoms with E-state index in [4.69, 9.17) is 13.9 Å². The van der Waals surface area contributed by atoms with Crippen molar-refractivity contribution in [3.05, 3.63) is 77.5 Å². The standard InChI is InChI=1S/C30H41NO5Si/c1-30(2,3)37(5,6)36-20-14-13-19-26(24-17-11-8-12-18-24)27(28(32)34-4)31-25(22-35-29(31)33)21-23-15-9-7-10-16-23/h7-12,15-18,25H,13-14,19-22H2,1-6H3/b27-26-/t25-/m1/s1. The number of benzene rings is 2. The molecule has 0 N–H and O–H groups in total. The van der Waals surface area contributed by atoms with Gasteiger partial charge in [-0.25, -0.2) is 9.59 Å².